The minimum atomic E-state index is 0.550. The lowest BCUT2D eigenvalue weighted by molar-refractivity contribution is 0.122. The second-order valence-electron chi connectivity index (χ2n) is 6.87. The third kappa shape index (κ3) is 3.97. The van der Waals surface area contributed by atoms with Crippen molar-refractivity contribution in [2.24, 2.45) is 5.92 Å². The summed E-state index contributed by atoms with van der Waals surface area (Å²) in [6.45, 7) is 3.12. The minimum absolute atomic E-state index is 0.550. The van der Waals surface area contributed by atoms with Gasteiger partial charge in [0.2, 0.25) is 0 Å². The van der Waals surface area contributed by atoms with Gasteiger partial charge in [-0.05, 0) is 49.9 Å². The van der Waals surface area contributed by atoms with Crippen molar-refractivity contribution in [1.29, 1.82) is 0 Å². The molecule has 1 fully saturated rings. The number of aromatic nitrogens is 1. The van der Waals surface area contributed by atoms with Gasteiger partial charge in [-0.2, -0.15) is 0 Å². The quantitative estimate of drug-likeness (QED) is 0.870. The lowest BCUT2D eigenvalue weighted by Crippen LogP contribution is -2.40. The third-order valence-corrected chi connectivity index (χ3v) is 5.87. The maximum absolute atomic E-state index is 4.29. The molecule has 2 atom stereocenters. The smallest absolute Gasteiger partial charge is 0.0478 e. The second-order valence-corrected chi connectivity index (χ2v) is 7.85. The van der Waals surface area contributed by atoms with Crippen LogP contribution in [0.3, 0.4) is 0 Å². The molecule has 0 spiro atoms. The van der Waals surface area contributed by atoms with E-state index < -0.39 is 0 Å². The van der Waals surface area contributed by atoms with Crippen LogP contribution in [0, 0.1) is 5.92 Å². The first-order valence-corrected chi connectivity index (χ1v) is 9.59. The van der Waals surface area contributed by atoms with Crippen molar-refractivity contribution >= 4 is 17.0 Å². The zero-order valence-corrected chi connectivity index (χ0v) is 15.7. The molecule has 5 heteroatoms. The Labute approximate surface area is 149 Å². The molecule has 3 heterocycles. The molecule has 0 amide bonds. The van der Waals surface area contributed by atoms with Crippen molar-refractivity contribution in [2.75, 3.05) is 39.1 Å². The summed E-state index contributed by atoms with van der Waals surface area (Å²) < 4.78 is 0. The van der Waals surface area contributed by atoms with E-state index in [1.807, 2.05) is 23.7 Å². The van der Waals surface area contributed by atoms with Gasteiger partial charge in [0.15, 0.2) is 0 Å². The number of rotatable bonds is 6. The molecule has 0 aromatic carbocycles. The summed E-state index contributed by atoms with van der Waals surface area (Å²) in [7, 11) is 6.44. The van der Waals surface area contributed by atoms with E-state index in [0.29, 0.717) is 12.0 Å². The summed E-state index contributed by atoms with van der Waals surface area (Å²) in [5.74, 6) is 0.668. The molecule has 1 saturated heterocycles. The van der Waals surface area contributed by atoms with Crippen LogP contribution in [-0.4, -0.2) is 44.1 Å². The van der Waals surface area contributed by atoms with Crippen molar-refractivity contribution in [3.8, 4) is 0 Å². The Hall–Kier alpha value is -1.43. The summed E-state index contributed by atoms with van der Waals surface area (Å²) in [5, 5.41) is 5.89. The normalized spacial score (nSPS) is 21.8. The highest BCUT2D eigenvalue weighted by molar-refractivity contribution is 7.10. The predicted octanol–water partition coefficient (Wildman–Crippen LogP) is 3.38. The highest BCUT2D eigenvalue weighted by atomic mass is 32.1. The predicted molar refractivity (Wildman–Crippen MR) is 103 cm³/mol. The lowest BCUT2D eigenvalue weighted by Gasteiger charge is -2.39. The van der Waals surface area contributed by atoms with Crippen LogP contribution >= 0.6 is 11.3 Å². The first-order valence-electron chi connectivity index (χ1n) is 8.71. The molecule has 130 valence electrons. The van der Waals surface area contributed by atoms with E-state index in [4.69, 9.17) is 0 Å². The lowest BCUT2D eigenvalue weighted by atomic mass is 9.88. The highest BCUT2D eigenvalue weighted by Gasteiger charge is 2.30. The molecule has 0 radical (unpaired) electrons. The Balaban J connectivity index is 1.63. The van der Waals surface area contributed by atoms with E-state index in [1.54, 1.807) is 0 Å². The van der Waals surface area contributed by atoms with Crippen LogP contribution in [0.15, 0.2) is 36.0 Å². The van der Waals surface area contributed by atoms with Crippen LogP contribution in [0.25, 0.3) is 0 Å². The standard InChI is InChI=1S/C19H28N4S/c1-22(2)17-8-9-20-13-16(17)14-21-12-15-6-4-10-23(3)19(15)18-7-5-11-24-18/h5,7-9,11,13,15,19,21H,4,6,10,12,14H2,1-3H3/t15-,19+/m1/s1. The van der Waals surface area contributed by atoms with Gasteiger partial charge in [-0.25, -0.2) is 0 Å². The number of hydrogen-bond donors (Lipinski definition) is 1. The molecule has 2 aromatic heterocycles. The Kier molecular flexibility index (Phi) is 5.87. The first-order chi connectivity index (χ1) is 11.7. The number of likely N-dealkylation sites (tertiary alicyclic amines) is 1. The summed E-state index contributed by atoms with van der Waals surface area (Å²) in [4.78, 5) is 10.5. The maximum atomic E-state index is 4.29. The fraction of sp³-hybridized carbons (Fsp3) is 0.526. The van der Waals surface area contributed by atoms with Crippen LogP contribution in [0.4, 0.5) is 5.69 Å². The molecule has 2 aromatic rings. The van der Waals surface area contributed by atoms with Crippen molar-refractivity contribution in [1.82, 2.24) is 15.2 Å². The summed E-state index contributed by atoms with van der Waals surface area (Å²) >= 11 is 1.89. The summed E-state index contributed by atoms with van der Waals surface area (Å²) in [6.07, 6.45) is 6.43. The highest BCUT2D eigenvalue weighted by Crippen LogP contribution is 2.36. The number of hydrogen-bond acceptors (Lipinski definition) is 5. The molecular formula is C19H28N4S. The zero-order valence-electron chi connectivity index (χ0n) is 14.9. The largest absolute Gasteiger partial charge is 0.377 e. The Bertz CT molecular complexity index is 626. The molecule has 0 bridgehead atoms. The van der Waals surface area contributed by atoms with Crippen LogP contribution < -0.4 is 10.2 Å². The number of piperidine rings is 1. The fourth-order valence-corrected chi connectivity index (χ4v) is 4.75. The van der Waals surface area contributed by atoms with Gasteiger partial charge in [0.1, 0.15) is 0 Å². The molecule has 24 heavy (non-hydrogen) atoms. The van der Waals surface area contributed by atoms with Gasteiger partial charge in [0.05, 0.1) is 0 Å². The topological polar surface area (TPSA) is 31.4 Å². The van der Waals surface area contributed by atoms with E-state index in [9.17, 15) is 0 Å². The van der Waals surface area contributed by atoms with E-state index in [2.05, 4.69) is 64.8 Å². The molecule has 1 aliphatic rings. The van der Waals surface area contributed by atoms with Crippen LogP contribution in [0.2, 0.25) is 0 Å². The fourth-order valence-electron chi connectivity index (χ4n) is 3.77. The van der Waals surface area contributed by atoms with Crippen molar-refractivity contribution in [2.45, 2.75) is 25.4 Å². The van der Waals surface area contributed by atoms with Crippen molar-refractivity contribution < 1.29 is 0 Å². The number of nitrogens with one attached hydrogen (secondary N) is 1. The Morgan fingerprint density at radius 1 is 1.38 bits per heavy atom. The van der Waals surface area contributed by atoms with Gasteiger partial charge in [0.25, 0.3) is 0 Å². The van der Waals surface area contributed by atoms with Gasteiger partial charge in [-0.15, -0.1) is 11.3 Å². The van der Waals surface area contributed by atoms with Gasteiger partial charge >= 0.3 is 0 Å². The van der Waals surface area contributed by atoms with Crippen molar-refractivity contribution in [3.63, 3.8) is 0 Å². The molecule has 0 unspecified atom stereocenters. The molecule has 0 saturated carbocycles. The maximum Gasteiger partial charge on any atom is 0.0478 e. The number of pyridine rings is 1. The van der Waals surface area contributed by atoms with E-state index in [1.165, 1.54) is 35.5 Å². The molecule has 0 aliphatic carbocycles. The van der Waals surface area contributed by atoms with Gasteiger partial charge in [0, 0.05) is 61.7 Å². The average Bonchev–Trinajstić information content (AvgIpc) is 3.09. The first kappa shape index (κ1) is 17.4. The SMILES string of the molecule is CN(C)c1ccncc1CNC[C@H]1CCCN(C)[C@@H]1c1cccs1. The minimum Gasteiger partial charge on any atom is -0.377 e. The van der Waals surface area contributed by atoms with E-state index in [0.717, 1.165) is 13.1 Å². The number of anilines is 1. The van der Waals surface area contributed by atoms with Gasteiger partial charge in [-0.1, -0.05) is 6.07 Å². The van der Waals surface area contributed by atoms with Gasteiger partial charge < -0.3 is 10.2 Å². The molecule has 1 aliphatic heterocycles. The van der Waals surface area contributed by atoms with Crippen molar-refractivity contribution in [3.05, 3.63) is 46.4 Å². The molecular weight excluding hydrogens is 316 g/mol. The Morgan fingerprint density at radius 2 is 2.25 bits per heavy atom. The second kappa shape index (κ2) is 8.10. The number of thiophene rings is 1. The molecule has 1 N–H and O–H groups in total. The Morgan fingerprint density at radius 3 is 3.00 bits per heavy atom. The third-order valence-electron chi connectivity index (χ3n) is 4.92. The molecule has 4 nitrogen and oxygen atoms in total. The molecule has 3 rings (SSSR count). The zero-order chi connectivity index (χ0) is 16.9. The number of nitrogens with zero attached hydrogens (tertiary/aromatic N) is 3. The van der Waals surface area contributed by atoms with Gasteiger partial charge in [-0.3, -0.25) is 9.88 Å². The van der Waals surface area contributed by atoms with E-state index >= 15 is 0 Å². The van der Waals surface area contributed by atoms with Crippen LogP contribution in [-0.2, 0) is 6.54 Å². The monoisotopic (exact) mass is 344 g/mol. The summed E-state index contributed by atoms with van der Waals surface area (Å²) in [6, 6.07) is 7.09. The van der Waals surface area contributed by atoms with E-state index in [-0.39, 0.29) is 0 Å². The average molecular weight is 345 g/mol. The van der Waals surface area contributed by atoms with Crippen LogP contribution in [0.5, 0.6) is 0 Å². The van der Waals surface area contributed by atoms with Crippen LogP contribution in [0.1, 0.15) is 29.3 Å². The summed E-state index contributed by atoms with van der Waals surface area (Å²) in [5.41, 5.74) is 2.51.